The first-order valence-electron chi connectivity index (χ1n) is 11.0. The summed E-state index contributed by atoms with van der Waals surface area (Å²) in [5.41, 5.74) is 3.01. The Morgan fingerprint density at radius 1 is 0.656 bits per heavy atom. The van der Waals surface area contributed by atoms with E-state index in [-0.39, 0.29) is 11.7 Å². The van der Waals surface area contributed by atoms with E-state index in [1.54, 1.807) is 0 Å². The number of ketones is 1. The summed E-state index contributed by atoms with van der Waals surface area (Å²) in [6.45, 7) is 2.03. The second-order valence-corrected chi connectivity index (χ2v) is 8.01. The first-order chi connectivity index (χ1) is 15.7. The Bertz CT molecular complexity index is 1100. The van der Waals surface area contributed by atoms with Gasteiger partial charge in [0.15, 0.2) is 5.78 Å². The van der Waals surface area contributed by atoms with E-state index < -0.39 is 5.41 Å². The lowest BCUT2D eigenvalue weighted by Crippen LogP contribution is -2.39. The zero-order valence-electron chi connectivity index (χ0n) is 18.2. The van der Waals surface area contributed by atoms with E-state index in [1.165, 1.54) is 0 Å². The van der Waals surface area contributed by atoms with Gasteiger partial charge in [-0.25, -0.2) is 0 Å². The van der Waals surface area contributed by atoms with Crippen molar-refractivity contribution >= 4 is 5.78 Å². The summed E-state index contributed by atoms with van der Waals surface area (Å²) in [5, 5.41) is 0. The van der Waals surface area contributed by atoms with Gasteiger partial charge in [-0.2, -0.15) is 0 Å². The fourth-order valence-electron chi connectivity index (χ4n) is 4.26. The lowest BCUT2D eigenvalue weighted by Gasteiger charge is -2.35. The predicted molar refractivity (Wildman–Crippen MR) is 131 cm³/mol. The van der Waals surface area contributed by atoms with Crippen LogP contribution in [0.4, 0.5) is 0 Å². The molecule has 0 heterocycles. The van der Waals surface area contributed by atoms with Crippen LogP contribution in [-0.4, -0.2) is 5.78 Å². The van der Waals surface area contributed by atoms with Gasteiger partial charge in [-0.1, -0.05) is 128 Å². The molecule has 0 radical (unpaired) electrons. The Labute approximate surface area is 190 Å². The van der Waals surface area contributed by atoms with E-state index >= 15 is 0 Å². The highest BCUT2D eigenvalue weighted by Gasteiger charge is 2.43. The predicted octanol–water partition coefficient (Wildman–Crippen LogP) is 6.67. The standard InChI is InChI=1S/C31H26O/c1-25(22-23-26-14-6-2-7-15-26)24-30(32)31(27-16-8-3-9-17-27,28-18-10-4-11-19-28)29-20-12-5-13-21-29/h2-21,25H,24H2,1H3. The van der Waals surface area contributed by atoms with Gasteiger partial charge in [0.05, 0.1) is 0 Å². The third-order valence-electron chi connectivity index (χ3n) is 5.77. The maximum absolute atomic E-state index is 14.2. The van der Waals surface area contributed by atoms with Gasteiger partial charge < -0.3 is 0 Å². The van der Waals surface area contributed by atoms with Gasteiger partial charge in [-0.3, -0.25) is 4.79 Å². The average Bonchev–Trinajstić information content (AvgIpc) is 2.86. The zero-order chi connectivity index (χ0) is 22.2. The Morgan fingerprint density at radius 3 is 1.44 bits per heavy atom. The highest BCUT2D eigenvalue weighted by molar-refractivity contribution is 5.98. The monoisotopic (exact) mass is 414 g/mol. The normalized spacial score (nSPS) is 11.8. The molecule has 0 fully saturated rings. The van der Waals surface area contributed by atoms with E-state index in [4.69, 9.17) is 0 Å². The molecule has 0 spiro atoms. The van der Waals surface area contributed by atoms with Crippen LogP contribution in [-0.2, 0) is 10.2 Å². The van der Waals surface area contributed by atoms with Gasteiger partial charge in [0.1, 0.15) is 5.41 Å². The first kappa shape index (κ1) is 21.3. The minimum atomic E-state index is -0.882. The molecule has 4 aromatic rings. The van der Waals surface area contributed by atoms with Crippen LogP contribution >= 0.6 is 0 Å². The van der Waals surface area contributed by atoms with E-state index in [0.717, 1.165) is 22.3 Å². The molecule has 156 valence electrons. The average molecular weight is 415 g/mol. The van der Waals surface area contributed by atoms with E-state index in [2.05, 4.69) is 48.2 Å². The zero-order valence-corrected chi connectivity index (χ0v) is 18.2. The van der Waals surface area contributed by atoms with Crippen LogP contribution in [0.1, 0.15) is 35.6 Å². The van der Waals surface area contributed by atoms with Gasteiger partial charge in [0.25, 0.3) is 0 Å². The number of hydrogen-bond acceptors (Lipinski definition) is 1. The number of benzene rings is 4. The Balaban J connectivity index is 1.80. The topological polar surface area (TPSA) is 17.1 Å². The highest BCUT2D eigenvalue weighted by Crippen LogP contribution is 2.41. The molecule has 0 amide bonds. The van der Waals surface area contributed by atoms with Crippen molar-refractivity contribution in [2.75, 3.05) is 0 Å². The summed E-state index contributed by atoms with van der Waals surface area (Å²) in [5.74, 6) is 6.58. The van der Waals surface area contributed by atoms with E-state index in [1.807, 2.05) is 91.9 Å². The van der Waals surface area contributed by atoms with E-state index in [9.17, 15) is 4.79 Å². The lowest BCUT2D eigenvalue weighted by molar-refractivity contribution is -0.122. The quantitative estimate of drug-likeness (QED) is 0.254. The van der Waals surface area contributed by atoms with Crippen molar-refractivity contribution in [3.63, 3.8) is 0 Å². The molecule has 1 atom stereocenters. The van der Waals surface area contributed by atoms with Crippen LogP contribution in [0.2, 0.25) is 0 Å². The molecule has 0 aliphatic carbocycles. The summed E-state index contributed by atoms with van der Waals surface area (Å²) in [6.07, 6.45) is 0.360. The Hall–Kier alpha value is -3.89. The summed E-state index contributed by atoms with van der Waals surface area (Å²) in [7, 11) is 0. The molecule has 0 N–H and O–H groups in total. The van der Waals surface area contributed by atoms with Crippen molar-refractivity contribution < 1.29 is 4.79 Å². The first-order valence-corrected chi connectivity index (χ1v) is 11.0. The summed E-state index contributed by atoms with van der Waals surface area (Å²) >= 11 is 0. The van der Waals surface area contributed by atoms with Gasteiger partial charge in [0.2, 0.25) is 0 Å². The smallest absolute Gasteiger partial charge is 0.153 e. The molecule has 1 unspecified atom stereocenters. The lowest BCUT2D eigenvalue weighted by atomic mass is 9.65. The summed E-state index contributed by atoms with van der Waals surface area (Å²) in [4.78, 5) is 14.2. The minimum Gasteiger partial charge on any atom is -0.298 e. The second kappa shape index (κ2) is 9.94. The fourth-order valence-corrected chi connectivity index (χ4v) is 4.26. The van der Waals surface area contributed by atoms with Gasteiger partial charge in [-0.05, 0) is 28.8 Å². The number of rotatable bonds is 6. The minimum absolute atomic E-state index is 0.0711. The second-order valence-electron chi connectivity index (χ2n) is 8.01. The molecule has 0 aliphatic rings. The summed E-state index contributed by atoms with van der Waals surface area (Å²) < 4.78 is 0. The van der Waals surface area contributed by atoms with Crippen molar-refractivity contribution in [2.24, 2.45) is 5.92 Å². The van der Waals surface area contributed by atoms with Crippen molar-refractivity contribution in [3.8, 4) is 11.8 Å². The van der Waals surface area contributed by atoms with Crippen molar-refractivity contribution in [3.05, 3.63) is 144 Å². The maximum Gasteiger partial charge on any atom is 0.153 e. The van der Waals surface area contributed by atoms with Crippen LogP contribution in [0.15, 0.2) is 121 Å². The third-order valence-corrected chi connectivity index (χ3v) is 5.77. The highest BCUT2D eigenvalue weighted by atomic mass is 16.1. The molecule has 1 nitrogen and oxygen atoms in total. The number of carbonyl (C=O) groups excluding carboxylic acids is 1. The molecule has 1 heteroatoms. The van der Waals surface area contributed by atoms with Gasteiger partial charge >= 0.3 is 0 Å². The molecular formula is C31H26O. The van der Waals surface area contributed by atoms with Crippen molar-refractivity contribution in [2.45, 2.75) is 18.8 Å². The summed E-state index contributed by atoms with van der Waals surface area (Å²) in [6, 6.07) is 40.2. The number of Topliss-reactive ketones (excluding diaryl/α,β-unsaturated/α-hetero) is 1. The molecule has 0 saturated carbocycles. The maximum atomic E-state index is 14.2. The Kier molecular flexibility index (Phi) is 6.63. The SMILES string of the molecule is CC(C#Cc1ccccc1)CC(=O)C(c1ccccc1)(c1ccccc1)c1ccccc1. The molecule has 4 aromatic carbocycles. The van der Waals surface area contributed by atoms with Crippen LogP contribution in [0.25, 0.3) is 0 Å². The van der Waals surface area contributed by atoms with Crippen LogP contribution in [0.3, 0.4) is 0 Å². The third kappa shape index (κ3) is 4.41. The number of carbonyl (C=O) groups is 1. The molecule has 0 aliphatic heterocycles. The van der Waals surface area contributed by atoms with Crippen molar-refractivity contribution in [1.82, 2.24) is 0 Å². The van der Waals surface area contributed by atoms with Crippen LogP contribution in [0, 0.1) is 17.8 Å². The van der Waals surface area contributed by atoms with Gasteiger partial charge in [-0.15, -0.1) is 0 Å². The van der Waals surface area contributed by atoms with E-state index in [0.29, 0.717) is 6.42 Å². The molecule has 0 aromatic heterocycles. The fraction of sp³-hybridized carbons (Fsp3) is 0.129. The van der Waals surface area contributed by atoms with Crippen LogP contribution < -0.4 is 0 Å². The molecule has 4 rings (SSSR count). The van der Waals surface area contributed by atoms with Crippen molar-refractivity contribution in [1.29, 1.82) is 0 Å². The number of hydrogen-bond donors (Lipinski definition) is 0. The van der Waals surface area contributed by atoms with Gasteiger partial charge in [0, 0.05) is 17.9 Å². The van der Waals surface area contributed by atoms with Crippen LogP contribution in [0.5, 0.6) is 0 Å². The Morgan fingerprint density at radius 2 is 1.03 bits per heavy atom. The largest absolute Gasteiger partial charge is 0.298 e. The molecule has 32 heavy (non-hydrogen) atoms. The molecule has 0 bridgehead atoms. The molecule has 0 saturated heterocycles. The molecular weight excluding hydrogens is 388 g/mol.